The van der Waals surface area contributed by atoms with Crippen LogP contribution in [-0.4, -0.2) is 43.0 Å². The van der Waals surface area contributed by atoms with Gasteiger partial charge in [0.15, 0.2) is 0 Å². The molecule has 1 heterocycles. The number of ether oxygens (including phenoxy) is 1. The van der Waals surface area contributed by atoms with Crippen LogP contribution in [-0.2, 0) is 27.3 Å². The molecule has 40 heavy (non-hydrogen) atoms. The molecule has 1 N–H and O–H groups in total. The lowest BCUT2D eigenvalue weighted by molar-refractivity contribution is -0.139. The van der Waals surface area contributed by atoms with E-state index < -0.39 is 6.04 Å². The van der Waals surface area contributed by atoms with Crippen LogP contribution in [0.15, 0.2) is 109 Å². The predicted octanol–water partition coefficient (Wildman–Crippen LogP) is 6.13. The molecule has 0 bridgehead atoms. The van der Waals surface area contributed by atoms with E-state index in [-0.39, 0.29) is 24.8 Å². The molecule has 1 aliphatic rings. The van der Waals surface area contributed by atoms with Gasteiger partial charge < -0.3 is 19.9 Å². The SMILES string of the molecule is O=C(Nc1ccc(N2CCOCC2)cc1)C(c1ccccc1)N(Cc1ccc(Cl)cc1)C(=O)Cc1ccccc1. The topological polar surface area (TPSA) is 61.9 Å². The van der Waals surface area contributed by atoms with Gasteiger partial charge in [-0.25, -0.2) is 0 Å². The summed E-state index contributed by atoms with van der Waals surface area (Å²) in [5.74, 6) is -0.423. The van der Waals surface area contributed by atoms with Gasteiger partial charge in [-0.1, -0.05) is 84.4 Å². The molecule has 6 nitrogen and oxygen atoms in total. The molecule has 0 spiro atoms. The van der Waals surface area contributed by atoms with Gasteiger partial charge in [0.1, 0.15) is 6.04 Å². The van der Waals surface area contributed by atoms with E-state index >= 15 is 0 Å². The Hall–Kier alpha value is -4.13. The molecule has 1 unspecified atom stereocenters. The van der Waals surface area contributed by atoms with Crippen LogP contribution >= 0.6 is 11.6 Å². The number of halogens is 1. The van der Waals surface area contributed by atoms with Gasteiger partial charge in [-0.2, -0.15) is 0 Å². The summed E-state index contributed by atoms with van der Waals surface area (Å²) in [5, 5.41) is 3.68. The molecule has 1 aliphatic heterocycles. The zero-order chi connectivity index (χ0) is 27.7. The molecule has 4 aromatic carbocycles. The van der Waals surface area contributed by atoms with Crippen LogP contribution in [0.4, 0.5) is 11.4 Å². The number of carbonyl (C=O) groups is 2. The number of nitrogens with one attached hydrogen (secondary N) is 1. The second-order valence-electron chi connectivity index (χ2n) is 9.76. The second kappa shape index (κ2) is 13.3. The molecule has 1 fully saturated rings. The third kappa shape index (κ3) is 7.08. The monoisotopic (exact) mass is 553 g/mol. The predicted molar refractivity (Wildman–Crippen MR) is 159 cm³/mol. The van der Waals surface area contributed by atoms with Crippen LogP contribution in [0.25, 0.3) is 0 Å². The zero-order valence-corrected chi connectivity index (χ0v) is 23.0. The summed E-state index contributed by atoms with van der Waals surface area (Å²) in [5.41, 5.74) is 4.27. The van der Waals surface area contributed by atoms with Crippen LogP contribution in [0.3, 0.4) is 0 Å². The summed E-state index contributed by atoms with van der Waals surface area (Å²) < 4.78 is 5.46. The fraction of sp³-hybridized carbons (Fsp3) is 0.212. The van der Waals surface area contributed by atoms with Crippen LogP contribution < -0.4 is 10.2 Å². The first-order chi connectivity index (χ1) is 19.6. The van der Waals surface area contributed by atoms with Gasteiger partial charge >= 0.3 is 0 Å². The number of morpholine rings is 1. The normalized spacial score (nSPS) is 13.9. The van der Waals surface area contributed by atoms with E-state index in [1.807, 2.05) is 97.1 Å². The number of amides is 2. The molecule has 1 saturated heterocycles. The van der Waals surface area contributed by atoms with Crippen molar-refractivity contribution in [2.45, 2.75) is 19.0 Å². The van der Waals surface area contributed by atoms with Gasteiger partial charge in [-0.15, -0.1) is 0 Å². The Morgan fingerprint density at radius 1 is 0.800 bits per heavy atom. The van der Waals surface area contributed by atoms with Gasteiger partial charge in [0.25, 0.3) is 5.91 Å². The van der Waals surface area contributed by atoms with Crippen molar-refractivity contribution in [2.75, 3.05) is 36.5 Å². The summed E-state index contributed by atoms with van der Waals surface area (Å²) in [7, 11) is 0. The van der Waals surface area contributed by atoms with E-state index in [9.17, 15) is 9.59 Å². The number of nitrogens with zero attached hydrogens (tertiary/aromatic N) is 2. The molecule has 0 aliphatic carbocycles. The smallest absolute Gasteiger partial charge is 0.251 e. The van der Waals surface area contributed by atoms with Crippen molar-refractivity contribution in [3.63, 3.8) is 0 Å². The fourth-order valence-corrected chi connectivity index (χ4v) is 5.00. The third-order valence-corrected chi connectivity index (χ3v) is 7.22. The molecule has 2 amide bonds. The standard InChI is InChI=1S/C33H32ClN3O3/c34-28-13-11-26(12-14-28)24-37(31(38)23-25-7-3-1-4-8-25)32(27-9-5-2-6-10-27)33(39)35-29-15-17-30(18-16-29)36-19-21-40-22-20-36/h1-18,32H,19-24H2,(H,35,39). The zero-order valence-electron chi connectivity index (χ0n) is 22.2. The van der Waals surface area contributed by atoms with Gasteiger partial charge in [0.2, 0.25) is 5.91 Å². The van der Waals surface area contributed by atoms with Crippen molar-refractivity contribution in [2.24, 2.45) is 0 Å². The number of anilines is 2. The minimum Gasteiger partial charge on any atom is -0.378 e. The van der Waals surface area contributed by atoms with Crippen LogP contribution in [0.1, 0.15) is 22.7 Å². The third-order valence-electron chi connectivity index (χ3n) is 6.97. The van der Waals surface area contributed by atoms with E-state index in [2.05, 4.69) is 10.2 Å². The van der Waals surface area contributed by atoms with Crippen LogP contribution in [0.2, 0.25) is 5.02 Å². The van der Waals surface area contributed by atoms with E-state index in [1.165, 1.54) is 0 Å². The first kappa shape index (κ1) is 27.4. The summed E-state index contributed by atoms with van der Waals surface area (Å²) >= 11 is 6.12. The minimum atomic E-state index is -0.841. The summed E-state index contributed by atoms with van der Waals surface area (Å²) in [6.07, 6.45) is 0.180. The Morgan fingerprint density at radius 3 is 2.08 bits per heavy atom. The summed E-state index contributed by atoms with van der Waals surface area (Å²) in [6, 6.07) is 33.4. The number of hydrogen-bond acceptors (Lipinski definition) is 4. The van der Waals surface area contributed by atoms with E-state index in [0.717, 1.165) is 35.5 Å². The van der Waals surface area contributed by atoms with Crippen molar-refractivity contribution < 1.29 is 14.3 Å². The van der Waals surface area contributed by atoms with Crippen molar-refractivity contribution >= 4 is 34.8 Å². The van der Waals surface area contributed by atoms with Gasteiger partial charge in [0, 0.05) is 36.0 Å². The molecule has 4 aromatic rings. The fourth-order valence-electron chi connectivity index (χ4n) is 4.88. The van der Waals surface area contributed by atoms with Crippen LogP contribution in [0.5, 0.6) is 0 Å². The number of carbonyl (C=O) groups excluding carboxylic acids is 2. The maximum absolute atomic E-state index is 14.0. The minimum absolute atomic E-state index is 0.146. The highest BCUT2D eigenvalue weighted by Crippen LogP contribution is 2.27. The number of hydrogen-bond donors (Lipinski definition) is 1. The first-order valence-corrected chi connectivity index (χ1v) is 13.8. The van der Waals surface area contributed by atoms with E-state index in [1.54, 1.807) is 17.0 Å². The molecular weight excluding hydrogens is 522 g/mol. The van der Waals surface area contributed by atoms with Gasteiger partial charge in [-0.3, -0.25) is 9.59 Å². The van der Waals surface area contributed by atoms with Gasteiger partial charge in [-0.05, 0) is 53.1 Å². The highest BCUT2D eigenvalue weighted by molar-refractivity contribution is 6.30. The lowest BCUT2D eigenvalue weighted by Gasteiger charge is -2.32. The molecular formula is C33H32ClN3O3. The molecule has 0 radical (unpaired) electrons. The van der Waals surface area contributed by atoms with E-state index in [0.29, 0.717) is 23.9 Å². The molecule has 1 atom stereocenters. The van der Waals surface area contributed by atoms with Crippen molar-refractivity contribution in [1.82, 2.24) is 4.90 Å². The average Bonchev–Trinajstić information content (AvgIpc) is 3.00. The summed E-state index contributed by atoms with van der Waals surface area (Å²) in [6.45, 7) is 3.34. The van der Waals surface area contributed by atoms with Gasteiger partial charge in [0.05, 0.1) is 19.6 Å². The Balaban J connectivity index is 1.44. The Labute approximate surface area is 240 Å². The maximum atomic E-state index is 14.0. The lowest BCUT2D eigenvalue weighted by Crippen LogP contribution is -2.41. The highest BCUT2D eigenvalue weighted by Gasteiger charge is 2.31. The number of benzene rings is 4. The Kier molecular flexibility index (Phi) is 9.11. The number of rotatable bonds is 9. The maximum Gasteiger partial charge on any atom is 0.251 e. The van der Waals surface area contributed by atoms with Crippen LogP contribution in [0, 0.1) is 0 Å². The average molecular weight is 554 g/mol. The summed E-state index contributed by atoms with van der Waals surface area (Å²) in [4.78, 5) is 31.8. The molecule has 204 valence electrons. The quantitative estimate of drug-likeness (QED) is 0.271. The molecule has 0 saturated carbocycles. The molecule has 0 aromatic heterocycles. The Bertz CT molecular complexity index is 1390. The van der Waals surface area contributed by atoms with Crippen molar-refractivity contribution in [3.05, 3.63) is 131 Å². The van der Waals surface area contributed by atoms with Crippen molar-refractivity contribution in [1.29, 1.82) is 0 Å². The highest BCUT2D eigenvalue weighted by atomic mass is 35.5. The van der Waals surface area contributed by atoms with Crippen molar-refractivity contribution in [3.8, 4) is 0 Å². The Morgan fingerprint density at radius 2 is 1.43 bits per heavy atom. The molecule has 7 heteroatoms. The first-order valence-electron chi connectivity index (χ1n) is 13.4. The van der Waals surface area contributed by atoms with E-state index in [4.69, 9.17) is 16.3 Å². The lowest BCUT2D eigenvalue weighted by atomic mass is 10.0. The second-order valence-corrected chi connectivity index (χ2v) is 10.2. The largest absolute Gasteiger partial charge is 0.378 e. The molecule has 5 rings (SSSR count).